The van der Waals surface area contributed by atoms with Crippen molar-refractivity contribution in [2.24, 2.45) is 0 Å². The molecule has 2 rings (SSSR count). The molecule has 3 N–H and O–H groups in total. The molecule has 0 saturated heterocycles. The molecule has 2 aromatic rings. The first-order valence-corrected chi connectivity index (χ1v) is 8.39. The minimum atomic E-state index is -0.144. The van der Waals surface area contributed by atoms with Gasteiger partial charge < -0.3 is 15.8 Å². The van der Waals surface area contributed by atoms with Crippen molar-refractivity contribution in [1.29, 1.82) is 0 Å². The number of ether oxygens (including phenoxy) is 1. The maximum Gasteiger partial charge on any atom is 0.233 e. The molecule has 0 saturated carbocycles. The highest BCUT2D eigenvalue weighted by Gasteiger charge is 2.13. The van der Waals surface area contributed by atoms with Gasteiger partial charge in [-0.1, -0.05) is 12.1 Å². The van der Waals surface area contributed by atoms with Crippen LogP contribution in [-0.2, 0) is 11.2 Å². The van der Waals surface area contributed by atoms with Gasteiger partial charge >= 0.3 is 0 Å². The zero-order chi connectivity index (χ0) is 16.7. The molecule has 1 amide bonds. The number of nitrogens with one attached hydrogen (secondary N) is 1. The van der Waals surface area contributed by atoms with Crippen LogP contribution in [0.3, 0.4) is 0 Å². The lowest BCUT2D eigenvalue weighted by atomic mass is 10.1. The van der Waals surface area contributed by atoms with Gasteiger partial charge in [-0.15, -0.1) is 24.2 Å². The number of thioether (sulfide) groups is 1. The number of hydrogen-bond acceptors (Lipinski definition) is 4. The Labute approximate surface area is 153 Å². The number of nitrogens with two attached hydrogens (primary N) is 1. The molecule has 0 heterocycles. The molecule has 1 atom stereocenters. The molecule has 0 aliphatic heterocycles. The smallest absolute Gasteiger partial charge is 0.233 e. The van der Waals surface area contributed by atoms with Crippen LogP contribution in [0.15, 0.2) is 53.4 Å². The maximum atomic E-state index is 12.1. The summed E-state index contributed by atoms with van der Waals surface area (Å²) >= 11 is 1.53. The number of benzene rings is 2. The van der Waals surface area contributed by atoms with Gasteiger partial charge in [-0.2, -0.15) is 0 Å². The van der Waals surface area contributed by atoms with E-state index in [0.717, 1.165) is 28.3 Å². The highest BCUT2D eigenvalue weighted by molar-refractivity contribution is 8.00. The van der Waals surface area contributed by atoms with E-state index in [9.17, 15) is 4.79 Å². The van der Waals surface area contributed by atoms with Crippen molar-refractivity contribution in [2.75, 3.05) is 19.4 Å². The fourth-order valence-corrected chi connectivity index (χ4v) is 2.96. The van der Waals surface area contributed by atoms with Crippen LogP contribution in [0, 0.1) is 0 Å². The average Bonchev–Trinajstić information content (AvgIpc) is 2.57. The Hall–Kier alpha value is -1.85. The van der Waals surface area contributed by atoms with Crippen molar-refractivity contribution in [2.45, 2.75) is 23.5 Å². The fraction of sp³-hybridized carbons (Fsp3) is 0.278. The molecular formula is C18H23ClN2O2S. The lowest BCUT2D eigenvalue weighted by Crippen LogP contribution is -2.32. The zero-order valence-electron chi connectivity index (χ0n) is 13.8. The average molecular weight is 367 g/mol. The van der Waals surface area contributed by atoms with Gasteiger partial charge in [0.25, 0.3) is 0 Å². The summed E-state index contributed by atoms with van der Waals surface area (Å²) in [5.74, 6) is 0.858. The number of rotatable bonds is 7. The summed E-state index contributed by atoms with van der Waals surface area (Å²) in [5.41, 5.74) is 7.57. The van der Waals surface area contributed by atoms with E-state index in [1.54, 1.807) is 7.11 Å². The number of nitrogen functional groups attached to an aromatic ring is 1. The first-order chi connectivity index (χ1) is 11.1. The lowest BCUT2D eigenvalue weighted by molar-refractivity contribution is -0.120. The van der Waals surface area contributed by atoms with Gasteiger partial charge in [0.2, 0.25) is 5.91 Å². The van der Waals surface area contributed by atoms with Crippen LogP contribution in [0.5, 0.6) is 5.75 Å². The van der Waals surface area contributed by atoms with Crippen LogP contribution in [0.1, 0.15) is 12.5 Å². The number of anilines is 1. The molecule has 0 spiro atoms. The lowest BCUT2D eigenvalue weighted by Gasteiger charge is -2.12. The fourth-order valence-electron chi connectivity index (χ4n) is 2.07. The first-order valence-electron chi connectivity index (χ1n) is 7.51. The number of amides is 1. The highest BCUT2D eigenvalue weighted by atomic mass is 35.5. The van der Waals surface area contributed by atoms with E-state index >= 15 is 0 Å². The van der Waals surface area contributed by atoms with E-state index in [-0.39, 0.29) is 23.6 Å². The van der Waals surface area contributed by atoms with E-state index in [1.165, 1.54) is 11.8 Å². The van der Waals surface area contributed by atoms with Crippen LogP contribution in [-0.4, -0.2) is 24.8 Å². The van der Waals surface area contributed by atoms with E-state index in [2.05, 4.69) is 5.32 Å². The Bertz CT molecular complexity index is 632. The molecular weight excluding hydrogens is 344 g/mol. The minimum Gasteiger partial charge on any atom is -0.497 e. The molecule has 0 aliphatic rings. The van der Waals surface area contributed by atoms with Gasteiger partial charge in [0.1, 0.15) is 5.75 Å². The topological polar surface area (TPSA) is 64.3 Å². The summed E-state index contributed by atoms with van der Waals surface area (Å²) in [6, 6.07) is 15.4. The Balaban J connectivity index is 0.00000288. The third-order valence-electron chi connectivity index (χ3n) is 3.43. The van der Waals surface area contributed by atoms with Crippen LogP contribution < -0.4 is 15.8 Å². The highest BCUT2D eigenvalue weighted by Crippen LogP contribution is 2.25. The molecule has 0 fully saturated rings. The normalized spacial score (nSPS) is 11.2. The molecule has 6 heteroatoms. The molecule has 24 heavy (non-hydrogen) atoms. The summed E-state index contributed by atoms with van der Waals surface area (Å²) in [5, 5.41) is 2.83. The minimum absolute atomic E-state index is 0. The second-order valence-corrected chi connectivity index (χ2v) is 6.63. The molecule has 0 radical (unpaired) electrons. The molecule has 0 aliphatic carbocycles. The Morgan fingerprint density at radius 1 is 1.17 bits per heavy atom. The zero-order valence-corrected chi connectivity index (χ0v) is 15.5. The summed E-state index contributed by atoms with van der Waals surface area (Å²) in [7, 11) is 1.64. The predicted octanol–water partition coefficient (Wildman–Crippen LogP) is 3.54. The quantitative estimate of drug-likeness (QED) is 0.581. The molecule has 2 aromatic carbocycles. The summed E-state index contributed by atoms with van der Waals surface area (Å²) in [6.45, 7) is 2.53. The number of carbonyl (C=O) groups is 1. The predicted molar refractivity (Wildman–Crippen MR) is 103 cm³/mol. The van der Waals surface area contributed by atoms with Gasteiger partial charge in [0, 0.05) is 17.1 Å². The van der Waals surface area contributed by atoms with Crippen molar-refractivity contribution < 1.29 is 9.53 Å². The van der Waals surface area contributed by atoms with Gasteiger partial charge in [-0.25, -0.2) is 0 Å². The molecule has 0 bridgehead atoms. The Morgan fingerprint density at radius 3 is 2.38 bits per heavy atom. The number of carbonyl (C=O) groups excluding carboxylic acids is 1. The van der Waals surface area contributed by atoms with Crippen LogP contribution in [0.25, 0.3) is 0 Å². The van der Waals surface area contributed by atoms with Crippen molar-refractivity contribution in [1.82, 2.24) is 5.32 Å². The third-order valence-corrected chi connectivity index (χ3v) is 4.55. The van der Waals surface area contributed by atoms with Crippen molar-refractivity contribution in [3.8, 4) is 5.75 Å². The van der Waals surface area contributed by atoms with Crippen molar-refractivity contribution in [3.05, 3.63) is 54.1 Å². The van der Waals surface area contributed by atoms with E-state index in [0.29, 0.717) is 6.54 Å². The van der Waals surface area contributed by atoms with Gasteiger partial charge in [0.15, 0.2) is 0 Å². The SMILES string of the molecule is COc1ccc(SC(C)C(=O)NCCc2ccc(N)cc2)cc1.Cl. The largest absolute Gasteiger partial charge is 0.497 e. The molecule has 4 nitrogen and oxygen atoms in total. The van der Waals surface area contributed by atoms with Gasteiger partial charge in [0.05, 0.1) is 12.4 Å². The molecule has 0 aromatic heterocycles. The van der Waals surface area contributed by atoms with Crippen molar-refractivity contribution >= 4 is 35.8 Å². The monoisotopic (exact) mass is 366 g/mol. The number of halogens is 1. The number of hydrogen-bond donors (Lipinski definition) is 2. The Kier molecular flexibility index (Phi) is 8.50. The third kappa shape index (κ3) is 6.34. The molecule has 1 unspecified atom stereocenters. The maximum absolute atomic E-state index is 12.1. The second kappa shape index (κ2) is 10.1. The molecule has 130 valence electrons. The van der Waals surface area contributed by atoms with Gasteiger partial charge in [-0.05, 0) is 55.3 Å². The van der Waals surface area contributed by atoms with Gasteiger partial charge in [-0.3, -0.25) is 4.79 Å². The summed E-state index contributed by atoms with van der Waals surface area (Å²) in [6.07, 6.45) is 0.798. The van der Waals surface area contributed by atoms with E-state index in [1.807, 2.05) is 55.5 Å². The van der Waals surface area contributed by atoms with Crippen LogP contribution in [0.2, 0.25) is 0 Å². The number of methoxy groups -OCH3 is 1. The van der Waals surface area contributed by atoms with E-state index < -0.39 is 0 Å². The van der Waals surface area contributed by atoms with E-state index in [4.69, 9.17) is 10.5 Å². The second-order valence-electron chi connectivity index (χ2n) is 5.22. The van der Waals surface area contributed by atoms with Crippen molar-refractivity contribution in [3.63, 3.8) is 0 Å². The standard InChI is InChI=1S/C18H22N2O2S.ClH/c1-13(23-17-9-7-16(22-2)8-10-17)18(21)20-12-11-14-3-5-15(19)6-4-14;/h3-10,13H,11-12,19H2,1-2H3,(H,20,21);1H. The summed E-state index contributed by atoms with van der Waals surface area (Å²) in [4.78, 5) is 13.2. The van der Waals surface area contributed by atoms with Crippen LogP contribution >= 0.6 is 24.2 Å². The van der Waals surface area contributed by atoms with Crippen LogP contribution in [0.4, 0.5) is 5.69 Å². The summed E-state index contributed by atoms with van der Waals surface area (Å²) < 4.78 is 5.13. The Morgan fingerprint density at radius 2 is 1.79 bits per heavy atom. The first kappa shape index (κ1) is 20.2.